The molecule has 1 nitrogen and oxygen atoms in total. The van der Waals surface area contributed by atoms with Crippen LogP contribution in [0.4, 0.5) is 0 Å². The summed E-state index contributed by atoms with van der Waals surface area (Å²) in [5.41, 5.74) is 7.97. The fraction of sp³-hybridized carbons (Fsp3) is 0.160. The summed E-state index contributed by atoms with van der Waals surface area (Å²) in [6, 6.07) is 22.0. The second-order valence-corrected chi connectivity index (χ2v) is 7.09. The fourth-order valence-electron chi connectivity index (χ4n) is 3.88. The van der Waals surface area contributed by atoms with Gasteiger partial charge in [0.2, 0.25) is 0 Å². The van der Waals surface area contributed by atoms with Crippen molar-refractivity contribution in [2.45, 2.75) is 27.2 Å². The Morgan fingerprint density at radius 3 is 2.15 bits per heavy atom. The minimum Gasteiger partial charge on any atom is -0.289 e. The fourth-order valence-corrected chi connectivity index (χ4v) is 3.88. The second kappa shape index (κ2) is 6.42. The van der Waals surface area contributed by atoms with Gasteiger partial charge >= 0.3 is 0 Å². The van der Waals surface area contributed by atoms with E-state index >= 15 is 0 Å². The lowest BCUT2D eigenvalue weighted by atomic mass is 9.87. The molecule has 0 spiro atoms. The molecule has 0 saturated heterocycles. The van der Waals surface area contributed by atoms with Crippen LogP contribution in [-0.2, 0) is 0 Å². The molecular weight excluding hydrogens is 316 g/mol. The zero-order valence-corrected chi connectivity index (χ0v) is 15.5. The Kier molecular flexibility index (Phi) is 4.08. The predicted molar refractivity (Wildman–Crippen MR) is 109 cm³/mol. The van der Waals surface area contributed by atoms with Gasteiger partial charge in [0.05, 0.1) is 0 Å². The van der Waals surface area contributed by atoms with Crippen molar-refractivity contribution in [1.82, 2.24) is 0 Å². The van der Waals surface area contributed by atoms with Crippen molar-refractivity contribution in [3.63, 3.8) is 0 Å². The highest BCUT2D eigenvalue weighted by molar-refractivity contribution is 6.19. The van der Waals surface area contributed by atoms with E-state index in [9.17, 15) is 4.79 Å². The van der Waals surface area contributed by atoms with Gasteiger partial charge in [-0.2, -0.15) is 0 Å². The smallest absolute Gasteiger partial charge is 0.194 e. The van der Waals surface area contributed by atoms with E-state index in [0.717, 1.165) is 33.9 Å². The second-order valence-electron chi connectivity index (χ2n) is 7.09. The molecule has 0 aliphatic heterocycles. The molecule has 0 radical (unpaired) electrons. The third kappa shape index (κ3) is 2.61. The Morgan fingerprint density at radius 1 is 0.769 bits per heavy atom. The lowest BCUT2D eigenvalue weighted by Crippen LogP contribution is -2.06. The Bertz CT molecular complexity index is 1080. The summed E-state index contributed by atoms with van der Waals surface area (Å²) in [6.07, 6.45) is 0.922. The van der Waals surface area contributed by atoms with Crippen molar-refractivity contribution < 1.29 is 4.79 Å². The van der Waals surface area contributed by atoms with Crippen LogP contribution in [0.2, 0.25) is 0 Å². The molecule has 1 aliphatic carbocycles. The Morgan fingerprint density at radius 2 is 1.46 bits per heavy atom. The number of rotatable bonds is 3. The first-order valence-electron chi connectivity index (χ1n) is 9.06. The summed E-state index contributed by atoms with van der Waals surface area (Å²) in [5, 5.41) is 2.13. The molecule has 0 saturated carbocycles. The van der Waals surface area contributed by atoms with E-state index in [0.29, 0.717) is 0 Å². The average Bonchev–Trinajstić information content (AvgIpc) is 2.94. The van der Waals surface area contributed by atoms with Gasteiger partial charge in [0.25, 0.3) is 0 Å². The Balaban J connectivity index is 1.99. The summed E-state index contributed by atoms with van der Waals surface area (Å²) < 4.78 is 0. The number of carbonyl (C=O) groups is 1. The van der Waals surface area contributed by atoms with E-state index in [1.807, 2.05) is 42.5 Å². The summed E-state index contributed by atoms with van der Waals surface area (Å²) in [6.45, 7) is 6.54. The first-order valence-corrected chi connectivity index (χ1v) is 9.06. The largest absolute Gasteiger partial charge is 0.289 e. The van der Waals surface area contributed by atoms with Crippen LogP contribution < -0.4 is 0 Å². The normalized spacial score (nSPS) is 14.4. The van der Waals surface area contributed by atoms with E-state index < -0.39 is 0 Å². The van der Waals surface area contributed by atoms with Crippen LogP contribution in [0.25, 0.3) is 16.3 Å². The highest BCUT2D eigenvalue weighted by Crippen LogP contribution is 2.41. The molecule has 26 heavy (non-hydrogen) atoms. The van der Waals surface area contributed by atoms with Crippen molar-refractivity contribution in [2.75, 3.05) is 0 Å². The van der Waals surface area contributed by atoms with Gasteiger partial charge in [-0.3, -0.25) is 4.79 Å². The van der Waals surface area contributed by atoms with E-state index in [-0.39, 0.29) is 5.78 Å². The van der Waals surface area contributed by atoms with Gasteiger partial charge < -0.3 is 0 Å². The SMILES string of the molecule is CC1=C(C)C(C)=C(c2ccc3ccccc3c2C(=O)c2ccccc2)C1. The molecule has 3 aromatic rings. The number of ketones is 1. The van der Waals surface area contributed by atoms with E-state index in [2.05, 4.69) is 45.0 Å². The predicted octanol–water partition coefficient (Wildman–Crippen LogP) is 6.58. The molecule has 0 amide bonds. The van der Waals surface area contributed by atoms with Crippen LogP contribution in [0.5, 0.6) is 0 Å². The average molecular weight is 338 g/mol. The molecule has 1 heteroatoms. The van der Waals surface area contributed by atoms with Crippen molar-refractivity contribution in [3.8, 4) is 0 Å². The number of hydrogen-bond acceptors (Lipinski definition) is 1. The molecule has 0 atom stereocenters. The molecule has 0 unspecified atom stereocenters. The molecule has 0 heterocycles. The van der Waals surface area contributed by atoms with Gasteiger partial charge in [-0.15, -0.1) is 0 Å². The zero-order chi connectivity index (χ0) is 18.3. The van der Waals surface area contributed by atoms with Crippen LogP contribution in [0, 0.1) is 0 Å². The number of benzene rings is 3. The number of carbonyl (C=O) groups excluding carboxylic acids is 1. The highest BCUT2D eigenvalue weighted by atomic mass is 16.1. The zero-order valence-electron chi connectivity index (χ0n) is 15.5. The molecule has 1 aliphatic rings. The van der Waals surface area contributed by atoms with Gasteiger partial charge in [0.1, 0.15) is 0 Å². The van der Waals surface area contributed by atoms with Crippen LogP contribution >= 0.6 is 0 Å². The monoisotopic (exact) mass is 338 g/mol. The first kappa shape index (κ1) is 16.5. The summed E-state index contributed by atoms with van der Waals surface area (Å²) >= 11 is 0. The molecular formula is C25H22O. The van der Waals surface area contributed by atoms with Gasteiger partial charge in [0.15, 0.2) is 5.78 Å². The van der Waals surface area contributed by atoms with Crippen molar-refractivity contribution >= 4 is 22.1 Å². The van der Waals surface area contributed by atoms with Crippen LogP contribution in [-0.4, -0.2) is 5.78 Å². The third-order valence-electron chi connectivity index (χ3n) is 5.61. The third-order valence-corrected chi connectivity index (χ3v) is 5.61. The minimum absolute atomic E-state index is 0.0971. The summed E-state index contributed by atoms with van der Waals surface area (Å²) in [4.78, 5) is 13.5. The minimum atomic E-state index is 0.0971. The summed E-state index contributed by atoms with van der Waals surface area (Å²) in [7, 11) is 0. The van der Waals surface area contributed by atoms with E-state index in [1.54, 1.807) is 0 Å². The first-order chi connectivity index (χ1) is 12.6. The number of fused-ring (bicyclic) bond motifs is 1. The maximum absolute atomic E-state index is 13.5. The van der Waals surface area contributed by atoms with Crippen molar-refractivity contribution in [1.29, 1.82) is 0 Å². The Hall–Kier alpha value is -2.93. The molecule has 0 N–H and O–H groups in total. The van der Waals surface area contributed by atoms with E-state index in [4.69, 9.17) is 0 Å². The van der Waals surface area contributed by atoms with Crippen LogP contribution in [0.3, 0.4) is 0 Å². The molecule has 0 aromatic heterocycles. The lowest BCUT2D eigenvalue weighted by Gasteiger charge is -2.15. The topological polar surface area (TPSA) is 17.1 Å². The lowest BCUT2D eigenvalue weighted by molar-refractivity contribution is 0.104. The number of allylic oxidation sites excluding steroid dienone is 4. The molecule has 128 valence electrons. The highest BCUT2D eigenvalue weighted by Gasteiger charge is 2.24. The molecule has 0 bridgehead atoms. The quantitative estimate of drug-likeness (QED) is 0.493. The van der Waals surface area contributed by atoms with Gasteiger partial charge in [-0.05, 0) is 60.2 Å². The van der Waals surface area contributed by atoms with Gasteiger partial charge in [0, 0.05) is 11.1 Å². The van der Waals surface area contributed by atoms with Crippen LogP contribution in [0.15, 0.2) is 83.4 Å². The maximum Gasteiger partial charge on any atom is 0.194 e. The van der Waals surface area contributed by atoms with Crippen molar-refractivity contribution in [3.05, 3.63) is 100 Å². The van der Waals surface area contributed by atoms with Crippen molar-refractivity contribution in [2.24, 2.45) is 0 Å². The van der Waals surface area contributed by atoms with Crippen LogP contribution in [0.1, 0.15) is 48.7 Å². The standard InChI is InChI=1S/C25H22O/c1-16-15-23(18(3)17(16)2)22-14-13-19-9-7-8-12-21(19)24(22)25(26)20-10-5-4-6-11-20/h4-14H,15H2,1-3H3. The number of hydrogen-bond donors (Lipinski definition) is 0. The molecule has 0 fully saturated rings. The van der Waals surface area contributed by atoms with Gasteiger partial charge in [-0.1, -0.05) is 72.3 Å². The molecule has 3 aromatic carbocycles. The summed E-state index contributed by atoms with van der Waals surface area (Å²) in [5.74, 6) is 0.0971. The molecule has 4 rings (SSSR count). The Labute approximate surface area is 154 Å². The maximum atomic E-state index is 13.5. The van der Waals surface area contributed by atoms with Gasteiger partial charge in [-0.25, -0.2) is 0 Å². The van der Waals surface area contributed by atoms with E-state index in [1.165, 1.54) is 22.3 Å².